The largest absolute Gasteiger partial charge is 0.397 e. The first-order valence-electron chi connectivity index (χ1n) is 33.3. The van der Waals surface area contributed by atoms with Crippen molar-refractivity contribution in [2.24, 2.45) is 40.4 Å². The molecule has 0 radical (unpaired) electrons. The molecule has 6 saturated heterocycles. The number of aliphatic hydroxyl groups excluding tert-OH is 14. The van der Waals surface area contributed by atoms with Gasteiger partial charge in [0.1, 0.15) is 122 Å². The number of carbonyl (C=O) groups is 1. The zero-order valence-corrected chi connectivity index (χ0v) is 55.6. The Morgan fingerprint density at radius 2 is 1.11 bits per heavy atom. The lowest BCUT2D eigenvalue weighted by Crippen LogP contribution is -2.69. The van der Waals surface area contributed by atoms with E-state index in [-0.39, 0.29) is 48.7 Å². The van der Waals surface area contributed by atoms with Crippen LogP contribution in [0.5, 0.6) is 0 Å². The summed E-state index contributed by atoms with van der Waals surface area (Å²) in [6.07, 6.45) is -47.7. The minimum atomic E-state index is -4.92. The average molecular weight is 1390 g/mol. The van der Waals surface area contributed by atoms with Crippen molar-refractivity contribution in [3.05, 3.63) is 11.6 Å². The van der Waals surface area contributed by atoms with Crippen molar-refractivity contribution in [2.45, 2.75) is 316 Å². The summed E-state index contributed by atoms with van der Waals surface area (Å²) in [7, 11) is -4.92. The van der Waals surface area contributed by atoms with E-state index in [9.17, 15) is 94.4 Å². The minimum absolute atomic E-state index is 0.00713. The van der Waals surface area contributed by atoms with Gasteiger partial charge in [-0.25, -0.2) is 4.18 Å². The number of ketones is 1. The Labute approximate surface area is 551 Å². The highest BCUT2D eigenvalue weighted by atomic mass is 32.3. The van der Waals surface area contributed by atoms with Crippen molar-refractivity contribution < 1.29 is 155 Å². The third-order valence-electron chi connectivity index (χ3n) is 22.3. The monoisotopic (exact) mass is 1390 g/mol. The predicted octanol–water partition coefficient (Wildman–Crippen LogP) is -3.82. The number of rotatable bonds is 20. The second-order valence-electron chi connectivity index (χ2n) is 29.5. The maximum atomic E-state index is 13.3. The summed E-state index contributed by atoms with van der Waals surface area (Å²) in [5.41, 5.74) is -1.36. The summed E-state index contributed by atoms with van der Waals surface area (Å²) in [6, 6.07) is 0. The lowest BCUT2D eigenvalue weighted by atomic mass is 9.47. The molecule has 0 spiro atoms. The van der Waals surface area contributed by atoms with Gasteiger partial charge in [0.25, 0.3) is 0 Å². The molecule has 4 aliphatic carbocycles. The van der Waals surface area contributed by atoms with Crippen LogP contribution in [-0.2, 0) is 76.2 Å². The van der Waals surface area contributed by atoms with Crippen LogP contribution in [0.2, 0.25) is 0 Å². The molecule has 9 fully saturated rings. The number of carbonyl (C=O) groups excluding carboxylic acids is 1. The molecule has 0 aromatic heterocycles. The summed E-state index contributed by atoms with van der Waals surface area (Å²) in [5.74, 6) is -0.943. The molecule has 16 N–H and O–H groups in total. The fourth-order valence-corrected chi connectivity index (χ4v) is 17.8. The van der Waals surface area contributed by atoms with Gasteiger partial charge in [-0.2, -0.15) is 8.42 Å². The minimum Gasteiger partial charge on any atom is -0.394 e. The van der Waals surface area contributed by atoms with E-state index >= 15 is 0 Å². The normalized spacial score (nSPS) is 52.0. The van der Waals surface area contributed by atoms with E-state index in [1.54, 1.807) is 6.92 Å². The Morgan fingerprint density at radius 3 is 1.68 bits per heavy atom. The quantitative estimate of drug-likeness (QED) is 0.0410. The number of Topliss-reactive ketones (excluding diaryl/α,β-unsaturated/α-hetero) is 1. The summed E-state index contributed by atoms with van der Waals surface area (Å²) in [4.78, 5) is 13.3. The Morgan fingerprint density at radius 1 is 0.589 bits per heavy atom. The van der Waals surface area contributed by atoms with E-state index in [1.165, 1.54) is 27.7 Å². The maximum Gasteiger partial charge on any atom is 0.397 e. The van der Waals surface area contributed by atoms with Crippen molar-refractivity contribution in [3.63, 3.8) is 0 Å². The molecule has 10 rings (SSSR count). The molecule has 6 aliphatic heterocycles. The fraction of sp³-hybridized carbons (Fsp3) is 0.952. The van der Waals surface area contributed by atoms with Gasteiger partial charge in [-0.15, -0.1) is 0 Å². The molecule has 3 saturated carbocycles. The molecule has 38 atom stereocenters. The molecule has 548 valence electrons. The van der Waals surface area contributed by atoms with Crippen molar-refractivity contribution in [3.8, 4) is 0 Å². The first kappa shape index (κ1) is 75.9. The maximum absolute atomic E-state index is 13.3. The molecule has 0 aromatic carbocycles. The van der Waals surface area contributed by atoms with E-state index in [0.717, 1.165) is 5.57 Å². The third kappa shape index (κ3) is 15.2. The number of fused-ring (bicyclic) bond motifs is 5. The SMILES string of the molecule is CC(C)CC(=O)C[C@](C)(O)[C@H]1CCC2C3C[C@H](OC4OC(C)C(O)C(OC5OC(C)C(OC6OC(CO)C(OC7OCC(O)C(O)C7O)C(O)C6OC6OC(C)C(O)C(O)C6O)C(O)C5OC5OC(C)C(O)C(O)C5O)C4O)C4C[C@@H](OS(=O)(=O)O)CC[C@]4(C)C3=CC[C@@]21C. The molecule has 0 amide bonds. The van der Waals surface area contributed by atoms with Crippen LogP contribution in [-0.4, -0.2) is 305 Å². The molecule has 33 heteroatoms. The number of ether oxygens (including phenoxy) is 12. The number of hydrogen-bond donors (Lipinski definition) is 16. The third-order valence-corrected chi connectivity index (χ3v) is 22.9. The van der Waals surface area contributed by atoms with Gasteiger partial charge in [-0.1, -0.05) is 39.3 Å². The van der Waals surface area contributed by atoms with Crippen molar-refractivity contribution in [1.82, 2.24) is 0 Å². The van der Waals surface area contributed by atoms with Crippen molar-refractivity contribution in [2.75, 3.05) is 13.2 Å². The highest BCUT2D eigenvalue weighted by Gasteiger charge is 2.64. The highest BCUT2D eigenvalue weighted by molar-refractivity contribution is 7.80. The summed E-state index contributed by atoms with van der Waals surface area (Å²) in [6.45, 7) is 13.8. The number of allylic oxidation sites excluding steroid dienone is 2. The number of aliphatic hydroxyl groups is 15. The Kier molecular flexibility index (Phi) is 23.6. The molecule has 32 unspecified atom stereocenters. The van der Waals surface area contributed by atoms with Gasteiger partial charge in [0, 0.05) is 12.8 Å². The van der Waals surface area contributed by atoms with Crippen molar-refractivity contribution in [1.29, 1.82) is 0 Å². The van der Waals surface area contributed by atoms with Gasteiger partial charge in [0.05, 0.1) is 55.4 Å². The fourth-order valence-electron chi connectivity index (χ4n) is 17.3. The van der Waals surface area contributed by atoms with Gasteiger partial charge >= 0.3 is 10.4 Å². The standard InChI is InChI=1S/C62H102O32S/c1-22(2)16-27(64)19-62(9,78)36-11-10-30-29-18-34(32-17-28(94-95(79,80)81)12-14-60(32,7)31(29)13-15-61(30,36)8)87-57-48(77)51(39(68)25(5)85-57)91-58-52(92-55-44(73)41(70)37(66)23(3)83-55)46(75)49(26(6)86-58)89-59-53(93-56-45(74)42(71)38(67)24(4)84-56)47(76)50(35(20-63)88-59)90-54-43(72)40(69)33(65)21-82-54/h13,22-26,28-30,32-59,63,65-78H,10-12,14-21H2,1-9H3,(H,79,80,81)/t23?,24?,25?,26?,28-,29?,30?,32?,33?,34-,35?,36-,37?,38?,39?,40?,41?,42?,43?,44?,45?,46?,47?,48?,49?,50?,51?,52?,53?,54?,55?,56?,57?,58?,59?,60+,61-,62-/m0/s1. The first-order valence-corrected chi connectivity index (χ1v) is 34.6. The van der Waals surface area contributed by atoms with Crippen LogP contribution in [0.4, 0.5) is 0 Å². The van der Waals surface area contributed by atoms with Crippen molar-refractivity contribution >= 4 is 16.2 Å². The molecule has 0 aromatic rings. The molecule has 10 aliphatic rings. The van der Waals surface area contributed by atoms with E-state index in [4.69, 9.17) is 61.0 Å². The van der Waals surface area contributed by atoms with Crippen LogP contribution in [0.1, 0.15) is 120 Å². The lowest BCUT2D eigenvalue weighted by Gasteiger charge is -2.60. The average Bonchev–Trinajstić information content (AvgIpc) is 1.68. The predicted molar refractivity (Wildman–Crippen MR) is 317 cm³/mol. The molecule has 32 nitrogen and oxygen atoms in total. The van der Waals surface area contributed by atoms with E-state index in [2.05, 4.69) is 19.9 Å². The summed E-state index contributed by atoms with van der Waals surface area (Å²) < 4.78 is 114. The van der Waals surface area contributed by atoms with E-state index < -0.39 is 236 Å². The second kappa shape index (κ2) is 29.5. The zero-order valence-electron chi connectivity index (χ0n) is 54.7. The van der Waals surface area contributed by atoms with Crippen LogP contribution in [0, 0.1) is 40.4 Å². The summed E-state index contributed by atoms with van der Waals surface area (Å²) in [5, 5.41) is 169. The van der Waals surface area contributed by atoms with Gasteiger partial charge in [0.2, 0.25) is 0 Å². The summed E-state index contributed by atoms with van der Waals surface area (Å²) >= 11 is 0. The topological polar surface area (TPSA) is 495 Å². The van der Waals surface area contributed by atoms with Crippen LogP contribution in [0.25, 0.3) is 0 Å². The van der Waals surface area contributed by atoms with Crippen LogP contribution >= 0.6 is 0 Å². The highest BCUT2D eigenvalue weighted by Crippen LogP contribution is 2.67. The lowest BCUT2D eigenvalue weighted by molar-refractivity contribution is -0.412. The van der Waals surface area contributed by atoms with E-state index in [0.29, 0.717) is 38.5 Å². The van der Waals surface area contributed by atoms with Crippen LogP contribution < -0.4 is 0 Å². The zero-order chi connectivity index (χ0) is 69.6. The van der Waals surface area contributed by atoms with Gasteiger partial charge in [0.15, 0.2) is 37.7 Å². The van der Waals surface area contributed by atoms with Gasteiger partial charge in [-0.05, 0) is 120 Å². The number of hydrogen-bond acceptors (Lipinski definition) is 31. The second-order valence-corrected chi connectivity index (χ2v) is 30.5. The van der Waals surface area contributed by atoms with E-state index in [1.807, 2.05) is 13.8 Å². The van der Waals surface area contributed by atoms with Gasteiger partial charge in [-0.3, -0.25) is 9.35 Å². The molecule has 0 bridgehead atoms. The van der Waals surface area contributed by atoms with Crippen LogP contribution in [0.3, 0.4) is 0 Å². The molecular weight excluding hydrogens is 1290 g/mol. The van der Waals surface area contributed by atoms with Gasteiger partial charge < -0.3 is 133 Å². The molecular formula is C62H102O32S. The first-order chi connectivity index (χ1) is 44.4. The smallest absolute Gasteiger partial charge is 0.394 e. The Hall–Kier alpha value is -1.80. The molecule has 6 heterocycles. The molecule has 95 heavy (non-hydrogen) atoms. The Bertz CT molecular complexity index is 2730. The Balaban J connectivity index is 0.936. The van der Waals surface area contributed by atoms with Crippen LogP contribution in [0.15, 0.2) is 11.6 Å².